The van der Waals surface area contributed by atoms with Crippen molar-refractivity contribution < 1.29 is 0 Å². The lowest BCUT2D eigenvalue weighted by atomic mass is 11.0. The van der Waals surface area contributed by atoms with E-state index in [2.05, 4.69) is 24.4 Å². The lowest BCUT2D eigenvalue weighted by Crippen LogP contribution is -2.00. The Balaban J connectivity index is 3.01. The lowest BCUT2D eigenvalue weighted by Gasteiger charge is -1.98. The van der Waals surface area contributed by atoms with Gasteiger partial charge in [0, 0.05) is 11.5 Å². The van der Waals surface area contributed by atoms with Crippen LogP contribution in [0.4, 0.5) is 0 Å². The molecule has 70 valence electrons. The van der Waals surface area contributed by atoms with Gasteiger partial charge in [0.15, 0.2) is 0 Å². The monoisotopic (exact) mass is 276 g/mol. The fourth-order valence-corrected chi connectivity index (χ4v) is 4.50. The molecular formula is C4H8N2S6. The van der Waals surface area contributed by atoms with Gasteiger partial charge in [0.25, 0.3) is 0 Å². The Morgan fingerprint density at radius 3 is 1.50 bits per heavy atom. The molecule has 0 fully saturated rings. The van der Waals surface area contributed by atoms with E-state index in [0.717, 1.165) is 11.5 Å². The van der Waals surface area contributed by atoms with Gasteiger partial charge in [-0.25, -0.2) is 0 Å². The molecule has 0 amide bonds. The number of thiocarbonyl (C=S) groups is 2. The van der Waals surface area contributed by atoms with Crippen molar-refractivity contribution in [3.8, 4) is 0 Å². The molecule has 0 atom stereocenters. The van der Waals surface area contributed by atoms with Crippen molar-refractivity contribution >= 4 is 76.3 Å². The maximum absolute atomic E-state index is 5.28. The summed E-state index contributed by atoms with van der Waals surface area (Å²) in [6, 6.07) is 0. The van der Waals surface area contributed by atoms with E-state index < -0.39 is 0 Å². The van der Waals surface area contributed by atoms with E-state index in [-0.39, 0.29) is 0 Å². The first-order valence-corrected chi connectivity index (χ1v) is 8.26. The number of nitrogens with two attached hydrogens (primary N) is 2. The molecule has 2 nitrogen and oxygen atoms in total. The SMILES string of the molecule is NC(=S)SSCCSSC(N)=S. The minimum atomic E-state index is 0.479. The van der Waals surface area contributed by atoms with E-state index in [1.807, 2.05) is 0 Å². The average molecular weight is 277 g/mol. The molecular weight excluding hydrogens is 268 g/mol. The molecule has 12 heavy (non-hydrogen) atoms. The molecule has 0 aromatic carbocycles. The van der Waals surface area contributed by atoms with E-state index in [4.69, 9.17) is 11.5 Å². The van der Waals surface area contributed by atoms with Gasteiger partial charge in [-0.3, -0.25) is 0 Å². The van der Waals surface area contributed by atoms with Crippen LogP contribution >= 0.6 is 67.6 Å². The van der Waals surface area contributed by atoms with Crippen LogP contribution in [0.25, 0.3) is 0 Å². The van der Waals surface area contributed by atoms with Gasteiger partial charge in [0.1, 0.15) is 8.64 Å². The van der Waals surface area contributed by atoms with Crippen LogP contribution < -0.4 is 11.5 Å². The third kappa shape index (κ3) is 11.2. The lowest BCUT2D eigenvalue weighted by molar-refractivity contribution is 1.58. The standard InChI is InChI=1S/C4H8N2S6/c5-3(7)11-9-1-2-10-12-4(6)8/h1-2H2,(H2,5,7)(H2,6,8). The molecule has 0 unspecified atom stereocenters. The van der Waals surface area contributed by atoms with Gasteiger partial charge in [-0.1, -0.05) is 46.0 Å². The fourth-order valence-electron chi connectivity index (χ4n) is 0.268. The van der Waals surface area contributed by atoms with Crippen molar-refractivity contribution in [2.24, 2.45) is 11.5 Å². The Bertz CT molecular complexity index is 142. The van der Waals surface area contributed by atoms with Crippen molar-refractivity contribution in [1.29, 1.82) is 0 Å². The Morgan fingerprint density at radius 2 is 1.25 bits per heavy atom. The van der Waals surface area contributed by atoms with Gasteiger partial charge in [-0.15, -0.1) is 0 Å². The highest BCUT2D eigenvalue weighted by Gasteiger charge is 1.94. The van der Waals surface area contributed by atoms with Gasteiger partial charge < -0.3 is 11.5 Å². The first-order valence-electron chi connectivity index (χ1n) is 2.80. The van der Waals surface area contributed by atoms with E-state index in [0.29, 0.717) is 8.64 Å². The number of hydrogen-bond acceptors (Lipinski definition) is 6. The second-order valence-electron chi connectivity index (χ2n) is 1.45. The molecule has 0 saturated heterocycles. The fraction of sp³-hybridized carbons (Fsp3) is 0.500. The summed E-state index contributed by atoms with van der Waals surface area (Å²) in [5, 5.41) is 0. The van der Waals surface area contributed by atoms with Crippen LogP contribution in [0.2, 0.25) is 0 Å². The van der Waals surface area contributed by atoms with Crippen molar-refractivity contribution in [3.63, 3.8) is 0 Å². The Kier molecular flexibility index (Phi) is 9.63. The summed E-state index contributed by atoms with van der Waals surface area (Å²) in [5.74, 6) is 1.98. The minimum Gasteiger partial charge on any atom is -0.384 e. The highest BCUT2D eigenvalue weighted by Crippen LogP contribution is 2.26. The zero-order valence-corrected chi connectivity index (χ0v) is 10.9. The summed E-state index contributed by atoms with van der Waals surface area (Å²) < 4.78 is 0.957. The van der Waals surface area contributed by atoms with Crippen LogP contribution in [0, 0.1) is 0 Å². The normalized spacial score (nSPS) is 9.67. The van der Waals surface area contributed by atoms with Crippen molar-refractivity contribution in [1.82, 2.24) is 0 Å². The Hall–Kier alpha value is 1.18. The van der Waals surface area contributed by atoms with Crippen molar-refractivity contribution in [2.45, 2.75) is 0 Å². The molecule has 0 aliphatic rings. The average Bonchev–Trinajstić information content (AvgIpc) is 1.95. The molecule has 0 aliphatic heterocycles. The molecule has 4 N–H and O–H groups in total. The number of hydrogen-bond donors (Lipinski definition) is 2. The topological polar surface area (TPSA) is 52.0 Å². The molecule has 0 rings (SSSR count). The van der Waals surface area contributed by atoms with Crippen LogP contribution in [0.1, 0.15) is 0 Å². The smallest absolute Gasteiger partial charge is 0.141 e. The third-order valence-electron chi connectivity index (χ3n) is 0.532. The number of rotatable bonds is 5. The van der Waals surface area contributed by atoms with Crippen LogP contribution in [0.3, 0.4) is 0 Å². The van der Waals surface area contributed by atoms with E-state index >= 15 is 0 Å². The maximum atomic E-state index is 5.28. The first kappa shape index (κ1) is 13.2. The second-order valence-corrected chi connectivity index (χ2v) is 7.76. The predicted octanol–water partition coefficient (Wildman–Crippen LogP) is 2.24. The molecule has 8 heteroatoms. The third-order valence-corrected chi connectivity index (χ3v) is 6.01. The van der Waals surface area contributed by atoms with Gasteiger partial charge in [0.05, 0.1) is 0 Å². The predicted molar refractivity (Wildman–Crippen MR) is 73.7 cm³/mol. The van der Waals surface area contributed by atoms with Gasteiger partial charge in [-0.2, -0.15) is 0 Å². The Morgan fingerprint density at radius 1 is 0.917 bits per heavy atom. The summed E-state index contributed by atoms with van der Waals surface area (Å²) in [7, 11) is 6.15. The van der Waals surface area contributed by atoms with Gasteiger partial charge in [0.2, 0.25) is 0 Å². The molecule has 0 spiro atoms. The van der Waals surface area contributed by atoms with Crippen molar-refractivity contribution in [3.05, 3.63) is 0 Å². The summed E-state index contributed by atoms with van der Waals surface area (Å²) in [6.45, 7) is 0. The second kappa shape index (κ2) is 8.76. The summed E-state index contributed by atoms with van der Waals surface area (Å²) in [5.41, 5.74) is 10.6. The molecule has 0 aliphatic carbocycles. The molecule has 0 radical (unpaired) electrons. The molecule has 0 saturated carbocycles. The zero-order valence-electron chi connectivity index (χ0n) is 6.02. The molecule has 0 bridgehead atoms. The maximum Gasteiger partial charge on any atom is 0.141 e. The van der Waals surface area contributed by atoms with Gasteiger partial charge in [-0.05, 0) is 21.6 Å². The minimum absolute atomic E-state index is 0.479. The summed E-state index contributed by atoms with van der Waals surface area (Å²) in [4.78, 5) is 0. The summed E-state index contributed by atoms with van der Waals surface area (Å²) in [6.07, 6.45) is 0. The van der Waals surface area contributed by atoms with Crippen LogP contribution in [-0.4, -0.2) is 20.1 Å². The zero-order chi connectivity index (χ0) is 9.40. The van der Waals surface area contributed by atoms with E-state index in [1.54, 1.807) is 21.6 Å². The highest BCUT2D eigenvalue weighted by atomic mass is 33.1. The van der Waals surface area contributed by atoms with Crippen molar-refractivity contribution in [2.75, 3.05) is 11.5 Å². The van der Waals surface area contributed by atoms with Crippen LogP contribution in [0.15, 0.2) is 0 Å². The first-order chi connectivity index (χ1) is 5.63. The molecule has 0 heterocycles. The summed E-state index contributed by atoms with van der Waals surface area (Å²) >= 11 is 9.36. The van der Waals surface area contributed by atoms with Gasteiger partial charge >= 0.3 is 0 Å². The highest BCUT2D eigenvalue weighted by molar-refractivity contribution is 8.85. The molecule has 0 aromatic heterocycles. The van der Waals surface area contributed by atoms with E-state index in [1.165, 1.54) is 21.6 Å². The Labute approximate surface area is 98.5 Å². The molecule has 0 aromatic rings. The van der Waals surface area contributed by atoms with E-state index in [9.17, 15) is 0 Å². The van der Waals surface area contributed by atoms with Crippen LogP contribution in [0.5, 0.6) is 0 Å². The largest absolute Gasteiger partial charge is 0.384 e. The van der Waals surface area contributed by atoms with Crippen LogP contribution in [-0.2, 0) is 0 Å². The quantitative estimate of drug-likeness (QED) is 0.450.